The van der Waals surface area contributed by atoms with E-state index in [-0.39, 0.29) is 18.0 Å². The minimum absolute atomic E-state index is 0.0915. The van der Waals surface area contributed by atoms with Crippen molar-refractivity contribution >= 4 is 12.0 Å². The van der Waals surface area contributed by atoms with Gasteiger partial charge in [0.2, 0.25) is 0 Å². The van der Waals surface area contributed by atoms with E-state index < -0.39 is 12.0 Å². The molecule has 1 saturated heterocycles. The summed E-state index contributed by atoms with van der Waals surface area (Å²) in [5, 5.41) is 9.51. The molecule has 1 aliphatic heterocycles. The number of hydrogen-bond acceptors (Lipinski definition) is 2. The van der Waals surface area contributed by atoms with Crippen LogP contribution in [0, 0.1) is 17.8 Å². The van der Waals surface area contributed by atoms with Crippen molar-refractivity contribution in [2.24, 2.45) is 17.8 Å². The molecule has 0 aromatic carbocycles. The molecule has 5 heteroatoms. The minimum atomic E-state index is -0.833. The zero-order valence-electron chi connectivity index (χ0n) is 12.3. The molecule has 3 rings (SSSR count). The number of amides is 2. The van der Waals surface area contributed by atoms with E-state index in [9.17, 15) is 14.7 Å². The molecule has 0 radical (unpaired) electrons. The van der Waals surface area contributed by atoms with Crippen molar-refractivity contribution in [3.05, 3.63) is 0 Å². The number of aliphatic carboxylic acids is 1. The van der Waals surface area contributed by atoms with Crippen LogP contribution in [-0.2, 0) is 4.79 Å². The van der Waals surface area contributed by atoms with Crippen molar-refractivity contribution in [3.8, 4) is 0 Å². The summed E-state index contributed by atoms with van der Waals surface area (Å²) in [6.07, 6.45) is 5.50. The van der Waals surface area contributed by atoms with Crippen LogP contribution in [0.4, 0.5) is 4.79 Å². The molecule has 1 N–H and O–H groups in total. The van der Waals surface area contributed by atoms with E-state index in [1.54, 1.807) is 9.80 Å². The lowest BCUT2D eigenvalue weighted by atomic mass is 9.94. The van der Waals surface area contributed by atoms with Gasteiger partial charge in [-0.05, 0) is 50.4 Å². The van der Waals surface area contributed by atoms with Crippen LogP contribution in [0.25, 0.3) is 0 Å². The number of carbonyl (C=O) groups is 2. The molecule has 2 saturated carbocycles. The number of nitrogens with zero attached hydrogens (tertiary/aromatic N) is 2. The normalized spacial score (nSPS) is 33.9. The number of fused-ring (bicyclic) bond motifs is 1. The van der Waals surface area contributed by atoms with Gasteiger partial charge >= 0.3 is 12.0 Å². The number of carboxylic acids is 1. The molecule has 2 aliphatic carbocycles. The Morgan fingerprint density at radius 3 is 2.55 bits per heavy atom. The quantitative estimate of drug-likeness (QED) is 0.860. The summed E-state index contributed by atoms with van der Waals surface area (Å²) in [7, 11) is 1.82. The Hall–Kier alpha value is -1.26. The summed E-state index contributed by atoms with van der Waals surface area (Å²) < 4.78 is 0. The molecule has 112 valence electrons. The first-order chi connectivity index (χ1) is 9.50. The molecule has 4 unspecified atom stereocenters. The van der Waals surface area contributed by atoms with Gasteiger partial charge in [-0.3, -0.25) is 0 Å². The molecule has 0 bridgehead atoms. The van der Waals surface area contributed by atoms with Gasteiger partial charge in [0.25, 0.3) is 0 Å². The van der Waals surface area contributed by atoms with Gasteiger partial charge in [-0.15, -0.1) is 0 Å². The third-order valence-corrected chi connectivity index (χ3v) is 5.61. The summed E-state index contributed by atoms with van der Waals surface area (Å²) in [4.78, 5) is 27.6. The van der Waals surface area contributed by atoms with Crippen LogP contribution >= 0.6 is 0 Å². The Labute approximate surface area is 119 Å². The Morgan fingerprint density at radius 1 is 1.25 bits per heavy atom. The predicted octanol–water partition coefficient (Wildman–Crippen LogP) is 2.02. The van der Waals surface area contributed by atoms with Crippen molar-refractivity contribution in [2.75, 3.05) is 13.6 Å². The van der Waals surface area contributed by atoms with Gasteiger partial charge < -0.3 is 14.9 Å². The van der Waals surface area contributed by atoms with Crippen molar-refractivity contribution in [3.63, 3.8) is 0 Å². The Balaban J connectivity index is 1.74. The van der Waals surface area contributed by atoms with E-state index in [1.807, 2.05) is 7.05 Å². The molecular weight excluding hydrogens is 256 g/mol. The van der Waals surface area contributed by atoms with Crippen molar-refractivity contribution in [2.45, 2.75) is 51.1 Å². The second-order valence-electron chi connectivity index (χ2n) is 6.76. The molecule has 20 heavy (non-hydrogen) atoms. The highest BCUT2D eigenvalue weighted by atomic mass is 16.4. The molecule has 4 atom stereocenters. The van der Waals surface area contributed by atoms with Gasteiger partial charge in [-0.2, -0.15) is 0 Å². The average molecular weight is 280 g/mol. The number of urea groups is 1. The fourth-order valence-corrected chi connectivity index (χ4v) is 4.09. The van der Waals surface area contributed by atoms with Crippen LogP contribution in [0.2, 0.25) is 0 Å². The summed E-state index contributed by atoms with van der Waals surface area (Å²) in [6, 6.07) is -0.479. The molecule has 0 aromatic heterocycles. The van der Waals surface area contributed by atoms with E-state index in [1.165, 1.54) is 12.8 Å². The first-order valence-corrected chi connectivity index (χ1v) is 7.77. The van der Waals surface area contributed by atoms with Crippen LogP contribution in [0.1, 0.15) is 39.0 Å². The highest BCUT2D eigenvalue weighted by Gasteiger charge is 2.50. The molecule has 2 amide bonds. The van der Waals surface area contributed by atoms with Crippen LogP contribution < -0.4 is 0 Å². The number of carboxylic acid groups (broad SMARTS) is 1. The molecular formula is C15H24N2O3. The Morgan fingerprint density at radius 2 is 1.95 bits per heavy atom. The topological polar surface area (TPSA) is 60.9 Å². The Bertz CT molecular complexity index is 421. The van der Waals surface area contributed by atoms with E-state index >= 15 is 0 Å². The van der Waals surface area contributed by atoms with Crippen LogP contribution in [0.3, 0.4) is 0 Å². The molecule has 5 nitrogen and oxygen atoms in total. The van der Waals surface area contributed by atoms with Gasteiger partial charge in [-0.1, -0.05) is 6.42 Å². The van der Waals surface area contributed by atoms with Gasteiger partial charge in [0, 0.05) is 19.6 Å². The fraction of sp³-hybridized carbons (Fsp3) is 0.867. The Kier molecular flexibility index (Phi) is 3.38. The maximum atomic E-state index is 12.7. The summed E-state index contributed by atoms with van der Waals surface area (Å²) in [6.45, 7) is 2.70. The van der Waals surface area contributed by atoms with Gasteiger partial charge in [0.15, 0.2) is 0 Å². The van der Waals surface area contributed by atoms with Crippen LogP contribution in [0.15, 0.2) is 0 Å². The predicted molar refractivity (Wildman–Crippen MR) is 74.3 cm³/mol. The zero-order chi connectivity index (χ0) is 14.4. The van der Waals surface area contributed by atoms with E-state index in [4.69, 9.17) is 0 Å². The standard InChI is InChI=1S/C15H24N2O3/c1-9(10-6-7-10)16(2)15(20)17-8-11-4-3-5-12(11)13(17)14(18)19/h9-13H,3-8H2,1-2H3,(H,18,19). The number of carbonyl (C=O) groups excluding carboxylic acids is 1. The SMILES string of the molecule is CC(C1CC1)N(C)C(=O)N1CC2CCCC2C1C(=O)O. The average Bonchev–Trinajstić information content (AvgIpc) is 3.05. The third kappa shape index (κ3) is 2.17. The number of hydrogen-bond donors (Lipinski definition) is 1. The first-order valence-electron chi connectivity index (χ1n) is 7.77. The monoisotopic (exact) mass is 280 g/mol. The lowest BCUT2D eigenvalue weighted by Crippen LogP contribution is -2.51. The van der Waals surface area contributed by atoms with E-state index in [2.05, 4.69) is 6.92 Å². The largest absolute Gasteiger partial charge is 0.480 e. The maximum absolute atomic E-state index is 12.7. The van der Waals surface area contributed by atoms with Gasteiger partial charge in [0.1, 0.15) is 6.04 Å². The first kappa shape index (κ1) is 13.7. The summed E-state index contributed by atoms with van der Waals surface area (Å²) in [5.74, 6) is 0.334. The smallest absolute Gasteiger partial charge is 0.326 e. The zero-order valence-corrected chi connectivity index (χ0v) is 12.3. The van der Waals surface area contributed by atoms with Gasteiger partial charge in [-0.25, -0.2) is 9.59 Å². The van der Waals surface area contributed by atoms with E-state index in [0.29, 0.717) is 18.4 Å². The van der Waals surface area contributed by atoms with Gasteiger partial charge in [0.05, 0.1) is 0 Å². The minimum Gasteiger partial charge on any atom is -0.480 e. The molecule has 1 heterocycles. The summed E-state index contributed by atoms with van der Waals surface area (Å²) >= 11 is 0. The fourth-order valence-electron chi connectivity index (χ4n) is 4.09. The second-order valence-corrected chi connectivity index (χ2v) is 6.76. The van der Waals surface area contributed by atoms with Crippen LogP contribution in [-0.4, -0.2) is 52.6 Å². The highest BCUT2D eigenvalue weighted by molar-refractivity contribution is 5.84. The lowest BCUT2D eigenvalue weighted by Gasteiger charge is -2.32. The highest BCUT2D eigenvalue weighted by Crippen LogP contribution is 2.43. The number of rotatable bonds is 3. The molecule has 3 fully saturated rings. The second kappa shape index (κ2) is 4.93. The number of likely N-dealkylation sites (tertiary alicyclic amines) is 1. The molecule has 3 aliphatic rings. The van der Waals surface area contributed by atoms with Crippen molar-refractivity contribution < 1.29 is 14.7 Å². The molecule has 0 spiro atoms. The van der Waals surface area contributed by atoms with Crippen molar-refractivity contribution in [1.29, 1.82) is 0 Å². The third-order valence-electron chi connectivity index (χ3n) is 5.61. The van der Waals surface area contributed by atoms with Crippen LogP contribution in [0.5, 0.6) is 0 Å². The summed E-state index contributed by atoms with van der Waals surface area (Å²) in [5.41, 5.74) is 0. The maximum Gasteiger partial charge on any atom is 0.326 e. The molecule has 0 aromatic rings. The van der Waals surface area contributed by atoms with E-state index in [0.717, 1.165) is 19.3 Å². The van der Waals surface area contributed by atoms with Crippen molar-refractivity contribution in [1.82, 2.24) is 9.80 Å². The lowest BCUT2D eigenvalue weighted by molar-refractivity contribution is -0.142.